The summed E-state index contributed by atoms with van der Waals surface area (Å²) in [4.78, 5) is 25.4. The number of ether oxygens (including phenoxy) is 1. The normalized spacial score (nSPS) is 13.7. The molecule has 2 aromatic rings. The molecule has 0 unspecified atom stereocenters. The van der Waals surface area contributed by atoms with Gasteiger partial charge in [-0.3, -0.25) is 9.59 Å². The summed E-state index contributed by atoms with van der Waals surface area (Å²) in [7, 11) is 1.54. The highest BCUT2D eigenvalue weighted by Crippen LogP contribution is 2.34. The molecule has 1 aromatic heterocycles. The van der Waals surface area contributed by atoms with Crippen LogP contribution in [0.2, 0.25) is 0 Å². The van der Waals surface area contributed by atoms with Crippen molar-refractivity contribution in [3.05, 3.63) is 57.5 Å². The van der Waals surface area contributed by atoms with E-state index in [4.69, 9.17) is 4.74 Å². The Morgan fingerprint density at radius 1 is 1.26 bits per heavy atom. The highest BCUT2D eigenvalue weighted by molar-refractivity contribution is 6.05. The van der Waals surface area contributed by atoms with Gasteiger partial charge in [-0.25, -0.2) is 0 Å². The fourth-order valence-electron chi connectivity index (χ4n) is 2.90. The van der Waals surface area contributed by atoms with Gasteiger partial charge in [0.2, 0.25) is 0 Å². The number of carbonyl (C=O) groups is 1. The molecule has 0 bridgehead atoms. The summed E-state index contributed by atoms with van der Waals surface area (Å²) in [5.41, 5.74) is 2.14. The van der Waals surface area contributed by atoms with Crippen molar-refractivity contribution < 1.29 is 9.53 Å². The highest BCUT2D eigenvalue weighted by atomic mass is 16.5. The molecule has 1 aliphatic rings. The zero-order chi connectivity index (χ0) is 16.6. The number of benzene rings is 1. The fraction of sp³-hybridized carbons (Fsp3) is 0.333. The maximum Gasteiger partial charge on any atom is 0.264 e. The van der Waals surface area contributed by atoms with Crippen molar-refractivity contribution in [2.45, 2.75) is 32.7 Å². The lowest BCUT2D eigenvalue weighted by atomic mass is 10.1. The average Bonchev–Trinajstić information content (AvgIpc) is 3.32. The molecule has 1 N–H and O–H groups in total. The molecule has 1 aromatic carbocycles. The maximum atomic E-state index is 12.7. The lowest BCUT2D eigenvalue weighted by Gasteiger charge is -2.14. The topological polar surface area (TPSA) is 60.3 Å². The summed E-state index contributed by atoms with van der Waals surface area (Å²) < 4.78 is 6.98. The van der Waals surface area contributed by atoms with Gasteiger partial charge in [0.05, 0.1) is 12.8 Å². The molecule has 5 nitrogen and oxygen atoms in total. The van der Waals surface area contributed by atoms with Crippen LogP contribution < -0.4 is 15.6 Å². The number of nitrogens with zero attached hydrogens (tertiary/aromatic N) is 1. The highest BCUT2D eigenvalue weighted by Gasteiger charge is 2.28. The molecule has 1 aliphatic carbocycles. The number of nitrogens with one attached hydrogen (secondary N) is 1. The molecule has 0 spiro atoms. The number of para-hydroxylation sites is 2. The SMILES string of the molecule is COc1ccccc1NC(=O)c1c(C)cc(C)n(C2CC2)c1=O. The van der Waals surface area contributed by atoms with E-state index in [-0.39, 0.29) is 17.2 Å². The Labute approximate surface area is 134 Å². The Bertz CT molecular complexity index is 820. The van der Waals surface area contributed by atoms with Crippen LogP contribution >= 0.6 is 0 Å². The number of carbonyl (C=O) groups excluding carboxylic acids is 1. The third-order valence-electron chi connectivity index (χ3n) is 4.13. The van der Waals surface area contributed by atoms with Crippen molar-refractivity contribution in [3.63, 3.8) is 0 Å². The predicted octanol–water partition coefficient (Wildman–Crippen LogP) is 3.06. The minimum absolute atomic E-state index is 0.202. The van der Waals surface area contributed by atoms with E-state index in [1.807, 2.05) is 25.1 Å². The largest absolute Gasteiger partial charge is 0.495 e. The monoisotopic (exact) mass is 312 g/mol. The third-order valence-corrected chi connectivity index (χ3v) is 4.13. The van der Waals surface area contributed by atoms with Crippen LogP contribution in [0.5, 0.6) is 5.75 Å². The zero-order valence-corrected chi connectivity index (χ0v) is 13.6. The first-order chi connectivity index (χ1) is 11.0. The van der Waals surface area contributed by atoms with E-state index >= 15 is 0 Å². The summed E-state index contributed by atoms with van der Waals surface area (Å²) in [6.45, 7) is 3.71. The van der Waals surface area contributed by atoms with Crippen molar-refractivity contribution in [2.75, 3.05) is 12.4 Å². The molecular weight excluding hydrogens is 292 g/mol. The van der Waals surface area contributed by atoms with E-state index < -0.39 is 5.91 Å². The van der Waals surface area contributed by atoms with Crippen molar-refractivity contribution in [2.24, 2.45) is 0 Å². The van der Waals surface area contributed by atoms with Gasteiger partial charge >= 0.3 is 0 Å². The van der Waals surface area contributed by atoms with E-state index in [9.17, 15) is 9.59 Å². The minimum Gasteiger partial charge on any atom is -0.495 e. The third kappa shape index (κ3) is 2.86. The number of rotatable bonds is 4. The van der Waals surface area contributed by atoms with Crippen molar-refractivity contribution in [1.82, 2.24) is 4.57 Å². The Kier molecular flexibility index (Phi) is 3.94. The molecule has 0 saturated heterocycles. The van der Waals surface area contributed by atoms with E-state index in [1.165, 1.54) is 0 Å². The summed E-state index contributed by atoms with van der Waals surface area (Å²) in [6.07, 6.45) is 1.99. The smallest absolute Gasteiger partial charge is 0.264 e. The first kappa shape index (κ1) is 15.3. The van der Waals surface area contributed by atoms with Gasteiger partial charge in [-0.1, -0.05) is 12.1 Å². The van der Waals surface area contributed by atoms with E-state index in [0.29, 0.717) is 17.0 Å². The number of methoxy groups -OCH3 is 1. The quantitative estimate of drug-likeness (QED) is 0.944. The number of aromatic nitrogens is 1. The van der Waals surface area contributed by atoms with Crippen molar-refractivity contribution in [3.8, 4) is 5.75 Å². The second-order valence-electron chi connectivity index (χ2n) is 5.90. The molecule has 120 valence electrons. The van der Waals surface area contributed by atoms with Crippen LogP contribution in [0.3, 0.4) is 0 Å². The van der Waals surface area contributed by atoms with Crippen LogP contribution in [0.25, 0.3) is 0 Å². The molecule has 23 heavy (non-hydrogen) atoms. The Morgan fingerprint density at radius 3 is 2.61 bits per heavy atom. The summed E-state index contributed by atoms with van der Waals surface area (Å²) in [6, 6.07) is 9.28. The van der Waals surface area contributed by atoms with Crippen molar-refractivity contribution in [1.29, 1.82) is 0 Å². The second-order valence-corrected chi connectivity index (χ2v) is 5.90. The minimum atomic E-state index is -0.397. The van der Waals surface area contributed by atoms with Crippen LogP contribution in [-0.4, -0.2) is 17.6 Å². The lowest BCUT2D eigenvalue weighted by Crippen LogP contribution is -2.31. The van der Waals surface area contributed by atoms with Gasteiger partial charge in [0.1, 0.15) is 11.3 Å². The second kappa shape index (κ2) is 5.91. The van der Waals surface area contributed by atoms with Gasteiger partial charge in [0.25, 0.3) is 11.5 Å². The predicted molar refractivity (Wildman–Crippen MR) is 89.4 cm³/mol. The van der Waals surface area contributed by atoms with E-state index in [0.717, 1.165) is 18.5 Å². The number of hydrogen-bond donors (Lipinski definition) is 1. The lowest BCUT2D eigenvalue weighted by molar-refractivity contribution is 0.102. The molecule has 0 atom stereocenters. The molecule has 3 rings (SSSR count). The van der Waals surface area contributed by atoms with Gasteiger partial charge in [-0.05, 0) is 50.5 Å². The molecule has 1 saturated carbocycles. The molecule has 5 heteroatoms. The van der Waals surface area contributed by atoms with Gasteiger partial charge in [-0.15, -0.1) is 0 Å². The molecule has 0 aliphatic heterocycles. The Morgan fingerprint density at radius 2 is 1.96 bits per heavy atom. The fourth-order valence-corrected chi connectivity index (χ4v) is 2.90. The standard InChI is InChI=1S/C18H20N2O3/c1-11-10-12(2)20(13-8-9-13)18(22)16(11)17(21)19-14-6-4-5-7-15(14)23-3/h4-7,10,13H,8-9H2,1-3H3,(H,19,21). The molecule has 1 amide bonds. The average molecular weight is 312 g/mol. The van der Waals surface area contributed by atoms with Gasteiger partial charge < -0.3 is 14.6 Å². The van der Waals surface area contributed by atoms with Gasteiger partial charge in [0.15, 0.2) is 0 Å². The summed E-state index contributed by atoms with van der Waals surface area (Å²) in [5.74, 6) is 0.166. The van der Waals surface area contributed by atoms with Crippen LogP contribution in [-0.2, 0) is 0 Å². The summed E-state index contributed by atoms with van der Waals surface area (Å²) in [5, 5.41) is 2.79. The van der Waals surface area contributed by atoms with E-state index in [2.05, 4.69) is 5.32 Å². The maximum absolute atomic E-state index is 12.7. The van der Waals surface area contributed by atoms with Gasteiger partial charge in [-0.2, -0.15) is 0 Å². The number of anilines is 1. The van der Waals surface area contributed by atoms with Crippen LogP contribution in [0.15, 0.2) is 35.1 Å². The number of pyridine rings is 1. The first-order valence-corrected chi connectivity index (χ1v) is 7.70. The molecule has 0 radical (unpaired) electrons. The van der Waals surface area contributed by atoms with Crippen LogP contribution in [0.1, 0.15) is 40.5 Å². The van der Waals surface area contributed by atoms with Crippen molar-refractivity contribution >= 4 is 11.6 Å². The molecular formula is C18H20N2O3. The van der Waals surface area contributed by atoms with Crippen LogP contribution in [0, 0.1) is 13.8 Å². The number of hydrogen-bond acceptors (Lipinski definition) is 3. The van der Waals surface area contributed by atoms with Crippen LogP contribution in [0.4, 0.5) is 5.69 Å². The first-order valence-electron chi connectivity index (χ1n) is 7.70. The zero-order valence-electron chi connectivity index (χ0n) is 13.6. The number of amides is 1. The summed E-state index contributed by atoms with van der Waals surface area (Å²) >= 11 is 0. The number of aryl methyl sites for hydroxylation is 2. The molecule has 1 fully saturated rings. The Balaban J connectivity index is 2.00. The van der Waals surface area contributed by atoms with E-state index in [1.54, 1.807) is 30.7 Å². The molecule has 1 heterocycles. The Hall–Kier alpha value is -2.56. The van der Waals surface area contributed by atoms with Gasteiger partial charge in [0, 0.05) is 11.7 Å².